The normalized spacial score (nSPS) is 10.9. The van der Waals surface area contributed by atoms with E-state index in [4.69, 9.17) is 9.47 Å². The summed E-state index contributed by atoms with van der Waals surface area (Å²) in [6.07, 6.45) is 1.86. The van der Waals surface area contributed by atoms with Crippen LogP contribution in [0.1, 0.15) is 19.4 Å². The minimum atomic E-state index is 0.626. The van der Waals surface area contributed by atoms with Crippen LogP contribution in [0.3, 0.4) is 0 Å². The molecular weight excluding hydrogens is 266 g/mol. The van der Waals surface area contributed by atoms with Crippen LogP contribution in [-0.2, 0) is 6.54 Å². The van der Waals surface area contributed by atoms with Gasteiger partial charge >= 0.3 is 0 Å². The maximum absolute atomic E-state index is 5.35. The summed E-state index contributed by atoms with van der Waals surface area (Å²) in [7, 11) is 3.27. The highest BCUT2D eigenvalue weighted by molar-refractivity contribution is 5.66. The Hall–Kier alpha value is -2.01. The molecule has 5 heteroatoms. The van der Waals surface area contributed by atoms with Crippen LogP contribution in [0.2, 0.25) is 0 Å². The summed E-state index contributed by atoms with van der Waals surface area (Å²) >= 11 is 0. The fraction of sp³-hybridized carbons (Fsp3) is 0.438. The molecule has 0 amide bonds. The molecule has 0 saturated heterocycles. The Morgan fingerprint density at radius 3 is 2.62 bits per heavy atom. The molecule has 21 heavy (non-hydrogen) atoms. The standard InChI is InChI=1S/C16H23N3O2/c1-11(2)8-17-9-13-10-18-19-16(13)12-5-6-14(20-3)15(7-12)21-4/h5-7,10-11,17H,8-9H2,1-4H3,(H,18,19). The third-order valence-electron chi connectivity index (χ3n) is 3.26. The summed E-state index contributed by atoms with van der Waals surface area (Å²) in [6, 6.07) is 5.86. The molecule has 2 aromatic rings. The van der Waals surface area contributed by atoms with E-state index in [9.17, 15) is 0 Å². The predicted octanol–water partition coefficient (Wildman–Crippen LogP) is 2.84. The Balaban J connectivity index is 2.20. The zero-order chi connectivity index (χ0) is 15.2. The lowest BCUT2D eigenvalue weighted by molar-refractivity contribution is 0.355. The fourth-order valence-corrected chi connectivity index (χ4v) is 2.18. The van der Waals surface area contributed by atoms with Crippen molar-refractivity contribution in [3.8, 4) is 22.8 Å². The molecule has 1 heterocycles. The van der Waals surface area contributed by atoms with Gasteiger partial charge in [-0.3, -0.25) is 5.10 Å². The Morgan fingerprint density at radius 2 is 1.95 bits per heavy atom. The lowest BCUT2D eigenvalue weighted by atomic mass is 10.1. The van der Waals surface area contributed by atoms with Crippen molar-refractivity contribution in [2.45, 2.75) is 20.4 Å². The monoisotopic (exact) mass is 289 g/mol. The van der Waals surface area contributed by atoms with Crippen LogP contribution in [0.25, 0.3) is 11.3 Å². The van der Waals surface area contributed by atoms with Gasteiger partial charge in [0.05, 0.1) is 26.1 Å². The first-order valence-electron chi connectivity index (χ1n) is 7.11. The molecule has 0 bridgehead atoms. The molecule has 1 aromatic carbocycles. The van der Waals surface area contributed by atoms with Gasteiger partial charge in [0, 0.05) is 17.7 Å². The van der Waals surface area contributed by atoms with Crippen molar-refractivity contribution in [3.05, 3.63) is 30.0 Å². The molecule has 0 saturated carbocycles. The molecule has 0 radical (unpaired) electrons. The maximum Gasteiger partial charge on any atom is 0.161 e. The van der Waals surface area contributed by atoms with Crippen LogP contribution in [-0.4, -0.2) is 31.0 Å². The lowest BCUT2D eigenvalue weighted by Gasteiger charge is -2.11. The van der Waals surface area contributed by atoms with Crippen molar-refractivity contribution in [1.82, 2.24) is 15.5 Å². The number of hydrogen-bond donors (Lipinski definition) is 2. The Labute approximate surface area is 125 Å². The second kappa shape index (κ2) is 7.13. The largest absolute Gasteiger partial charge is 0.493 e. The fourth-order valence-electron chi connectivity index (χ4n) is 2.18. The molecule has 2 N–H and O–H groups in total. The number of nitrogens with one attached hydrogen (secondary N) is 2. The second-order valence-electron chi connectivity index (χ2n) is 5.36. The van der Waals surface area contributed by atoms with Crippen LogP contribution in [0, 0.1) is 5.92 Å². The number of aromatic amines is 1. The molecule has 1 aromatic heterocycles. The number of methoxy groups -OCH3 is 2. The summed E-state index contributed by atoms with van der Waals surface area (Å²) in [5, 5.41) is 10.7. The summed E-state index contributed by atoms with van der Waals surface area (Å²) in [4.78, 5) is 0. The topological polar surface area (TPSA) is 59.2 Å². The van der Waals surface area contributed by atoms with E-state index < -0.39 is 0 Å². The van der Waals surface area contributed by atoms with E-state index in [0.717, 1.165) is 35.7 Å². The van der Waals surface area contributed by atoms with Crippen LogP contribution < -0.4 is 14.8 Å². The summed E-state index contributed by atoms with van der Waals surface area (Å²) in [6.45, 7) is 6.16. The predicted molar refractivity (Wildman–Crippen MR) is 83.7 cm³/mol. The van der Waals surface area contributed by atoms with Crippen LogP contribution >= 0.6 is 0 Å². The van der Waals surface area contributed by atoms with Gasteiger partial charge < -0.3 is 14.8 Å². The first kappa shape index (κ1) is 15.4. The summed E-state index contributed by atoms with van der Waals surface area (Å²) < 4.78 is 10.6. The van der Waals surface area contributed by atoms with Crippen LogP contribution in [0.5, 0.6) is 11.5 Å². The average Bonchev–Trinajstić information content (AvgIpc) is 2.94. The van der Waals surface area contributed by atoms with Gasteiger partial charge in [0.2, 0.25) is 0 Å². The van der Waals surface area contributed by atoms with Gasteiger partial charge in [-0.15, -0.1) is 0 Å². The van der Waals surface area contributed by atoms with Crippen molar-refractivity contribution in [2.75, 3.05) is 20.8 Å². The van der Waals surface area contributed by atoms with Gasteiger partial charge in [-0.25, -0.2) is 0 Å². The minimum absolute atomic E-state index is 0.626. The highest BCUT2D eigenvalue weighted by atomic mass is 16.5. The van der Waals surface area contributed by atoms with Gasteiger partial charge in [-0.05, 0) is 30.7 Å². The van der Waals surface area contributed by atoms with E-state index in [2.05, 4.69) is 29.4 Å². The van der Waals surface area contributed by atoms with Crippen molar-refractivity contribution >= 4 is 0 Å². The van der Waals surface area contributed by atoms with E-state index in [1.165, 1.54) is 0 Å². The third-order valence-corrected chi connectivity index (χ3v) is 3.26. The maximum atomic E-state index is 5.35. The quantitative estimate of drug-likeness (QED) is 0.823. The molecule has 0 spiro atoms. The van der Waals surface area contributed by atoms with Gasteiger partial charge in [0.1, 0.15) is 0 Å². The SMILES string of the molecule is COc1ccc(-c2[nH]ncc2CNCC(C)C)cc1OC. The van der Waals surface area contributed by atoms with Crippen LogP contribution in [0.4, 0.5) is 0 Å². The molecule has 2 rings (SSSR count). The number of ether oxygens (including phenoxy) is 2. The van der Waals surface area contributed by atoms with Crippen molar-refractivity contribution in [2.24, 2.45) is 5.92 Å². The van der Waals surface area contributed by atoms with E-state index >= 15 is 0 Å². The zero-order valence-electron chi connectivity index (χ0n) is 13.1. The second-order valence-corrected chi connectivity index (χ2v) is 5.36. The first-order chi connectivity index (χ1) is 10.2. The molecule has 0 aliphatic heterocycles. The smallest absolute Gasteiger partial charge is 0.161 e. The molecule has 0 fully saturated rings. The summed E-state index contributed by atoms with van der Waals surface area (Å²) in [5.41, 5.74) is 3.18. The van der Waals surface area contributed by atoms with E-state index in [1.807, 2.05) is 24.4 Å². The Bertz CT molecular complexity index is 579. The van der Waals surface area contributed by atoms with Gasteiger partial charge in [0.15, 0.2) is 11.5 Å². The Morgan fingerprint density at radius 1 is 1.19 bits per heavy atom. The molecule has 0 aliphatic carbocycles. The molecule has 114 valence electrons. The summed E-state index contributed by atoms with van der Waals surface area (Å²) in [5.74, 6) is 2.06. The highest BCUT2D eigenvalue weighted by Gasteiger charge is 2.11. The molecule has 0 unspecified atom stereocenters. The number of benzene rings is 1. The zero-order valence-corrected chi connectivity index (χ0v) is 13.1. The molecule has 5 nitrogen and oxygen atoms in total. The van der Waals surface area contributed by atoms with E-state index in [0.29, 0.717) is 11.7 Å². The number of hydrogen-bond acceptors (Lipinski definition) is 4. The lowest BCUT2D eigenvalue weighted by Crippen LogP contribution is -2.19. The Kier molecular flexibility index (Phi) is 5.22. The average molecular weight is 289 g/mol. The number of nitrogens with zero attached hydrogens (tertiary/aromatic N) is 1. The van der Waals surface area contributed by atoms with E-state index in [-0.39, 0.29) is 0 Å². The highest BCUT2D eigenvalue weighted by Crippen LogP contribution is 2.32. The van der Waals surface area contributed by atoms with Crippen molar-refractivity contribution in [3.63, 3.8) is 0 Å². The number of rotatable bonds is 7. The van der Waals surface area contributed by atoms with Gasteiger partial charge in [-0.1, -0.05) is 13.8 Å². The molecular formula is C16H23N3O2. The number of H-pyrrole nitrogens is 1. The van der Waals surface area contributed by atoms with E-state index in [1.54, 1.807) is 14.2 Å². The number of aromatic nitrogens is 2. The molecule has 0 atom stereocenters. The molecule has 0 aliphatic rings. The first-order valence-corrected chi connectivity index (χ1v) is 7.11. The van der Waals surface area contributed by atoms with Crippen molar-refractivity contribution in [1.29, 1.82) is 0 Å². The van der Waals surface area contributed by atoms with Gasteiger partial charge in [0.25, 0.3) is 0 Å². The minimum Gasteiger partial charge on any atom is -0.493 e. The van der Waals surface area contributed by atoms with Crippen molar-refractivity contribution < 1.29 is 9.47 Å². The van der Waals surface area contributed by atoms with Gasteiger partial charge in [-0.2, -0.15) is 5.10 Å². The van der Waals surface area contributed by atoms with Crippen LogP contribution in [0.15, 0.2) is 24.4 Å². The third kappa shape index (κ3) is 3.76.